The van der Waals surface area contributed by atoms with Crippen LogP contribution in [-0.4, -0.2) is 68.8 Å². The largest absolute Gasteiger partial charge is 0.743 e. The summed E-state index contributed by atoms with van der Waals surface area (Å²) in [5, 5.41) is -6.48. The highest BCUT2D eigenvalue weighted by atomic mass is 32.2. The summed E-state index contributed by atoms with van der Waals surface area (Å²) in [4.78, 5) is 26.5. The molecule has 0 aromatic rings. The van der Waals surface area contributed by atoms with E-state index in [4.69, 9.17) is 13.7 Å². The summed E-state index contributed by atoms with van der Waals surface area (Å²) in [7, 11) is -10.5. The lowest BCUT2D eigenvalue weighted by Gasteiger charge is -2.55. The van der Waals surface area contributed by atoms with Gasteiger partial charge in [0.25, 0.3) is 10.1 Å². The van der Waals surface area contributed by atoms with E-state index in [2.05, 4.69) is 0 Å². The van der Waals surface area contributed by atoms with Crippen molar-refractivity contribution in [1.82, 2.24) is 0 Å². The van der Waals surface area contributed by atoms with Crippen LogP contribution in [0.1, 0.15) is 51.4 Å². The van der Waals surface area contributed by atoms with Crippen LogP contribution in [0.5, 0.6) is 0 Å². The van der Waals surface area contributed by atoms with Gasteiger partial charge in [-0.05, 0) is 62.7 Å². The number of hydrogen-bond acceptors (Lipinski definition) is 10. The first-order valence-corrected chi connectivity index (χ1v) is 15.8. The second-order valence-corrected chi connectivity index (χ2v) is 15.3. The van der Waals surface area contributed by atoms with Crippen LogP contribution in [0, 0.1) is 40.9 Å². The van der Waals surface area contributed by atoms with E-state index in [1.54, 1.807) is 0 Å². The first-order chi connectivity index (χ1) is 17.6. The van der Waals surface area contributed by atoms with E-state index >= 15 is 0 Å². The molecule has 1 aliphatic heterocycles. The van der Waals surface area contributed by atoms with E-state index in [1.165, 1.54) is 0 Å². The fourth-order valence-corrected chi connectivity index (χ4v) is 11.2. The standard InChI is InChI=1S/C23H29F3O10S2/c24-15(23(25,26)38(31,32)33)1-2-34-20(27)16-13-6-14-18(36-37(29,30)19(14)16)17(13)35-21(28)22-7-10-3-11(8-22)5-12(4-10)9-22/h10-19H,1-9H2,(H,31,32,33)/p-1. The Hall–Kier alpha value is -1.45. The fraction of sp³-hybridized carbons (Fsp3) is 0.913. The van der Waals surface area contributed by atoms with E-state index in [0.29, 0.717) is 17.8 Å². The maximum Gasteiger partial charge on any atom is 0.364 e. The fourth-order valence-electron chi connectivity index (χ4n) is 8.75. The zero-order valence-electron chi connectivity index (χ0n) is 20.2. The van der Waals surface area contributed by atoms with E-state index < -0.39 is 97.3 Å². The lowest BCUT2D eigenvalue weighted by atomic mass is 9.49. The molecule has 10 nitrogen and oxygen atoms in total. The number of hydrogen-bond donors (Lipinski definition) is 0. The Morgan fingerprint density at radius 1 is 1.05 bits per heavy atom. The average Bonchev–Trinajstić information content (AvgIpc) is 3.40. The summed E-state index contributed by atoms with van der Waals surface area (Å²) in [6.07, 6.45) is -0.933. The molecule has 0 radical (unpaired) electrons. The molecule has 214 valence electrons. The molecule has 1 saturated heterocycles. The van der Waals surface area contributed by atoms with Crippen LogP contribution >= 0.6 is 0 Å². The minimum Gasteiger partial charge on any atom is -0.743 e. The van der Waals surface area contributed by atoms with Crippen molar-refractivity contribution < 1.29 is 57.8 Å². The van der Waals surface area contributed by atoms with Crippen LogP contribution in [0.4, 0.5) is 13.2 Å². The topological polar surface area (TPSA) is 153 Å². The highest BCUT2D eigenvalue weighted by Gasteiger charge is 2.72. The molecule has 7 rings (SSSR count). The summed E-state index contributed by atoms with van der Waals surface area (Å²) >= 11 is 0. The Balaban J connectivity index is 1.15. The lowest BCUT2D eigenvalue weighted by Crippen LogP contribution is -2.53. The smallest absolute Gasteiger partial charge is 0.364 e. The highest BCUT2D eigenvalue weighted by molar-refractivity contribution is 7.87. The molecule has 1 heterocycles. The third kappa shape index (κ3) is 3.92. The molecule has 7 unspecified atom stereocenters. The van der Waals surface area contributed by atoms with Gasteiger partial charge >= 0.3 is 17.2 Å². The van der Waals surface area contributed by atoms with Crippen molar-refractivity contribution in [3.05, 3.63) is 0 Å². The quantitative estimate of drug-likeness (QED) is 0.234. The molecule has 6 saturated carbocycles. The molecular formula is C23H28F3O10S2-. The summed E-state index contributed by atoms with van der Waals surface area (Å²) in [5.74, 6) is -2.81. The minimum atomic E-state index is -6.28. The summed E-state index contributed by atoms with van der Waals surface area (Å²) < 4.78 is 114. The van der Waals surface area contributed by atoms with Crippen molar-refractivity contribution in [2.24, 2.45) is 40.9 Å². The molecule has 0 aromatic heterocycles. The Morgan fingerprint density at radius 2 is 1.63 bits per heavy atom. The number of carbonyl (C=O) groups is 2. The van der Waals surface area contributed by atoms with Crippen molar-refractivity contribution in [1.29, 1.82) is 0 Å². The second-order valence-electron chi connectivity index (χ2n) is 12.1. The van der Waals surface area contributed by atoms with Gasteiger partial charge in [-0.1, -0.05) is 0 Å². The van der Waals surface area contributed by atoms with Gasteiger partial charge in [-0.2, -0.15) is 17.2 Å². The van der Waals surface area contributed by atoms with Gasteiger partial charge in [0.05, 0.1) is 17.9 Å². The molecule has 0 amide bonds. The second kappa shape index (κ2) is 8.53. The van der Waals surface area contributed by atoms with E-state index in [1.807, 2.05) is 0 Å². The van der Waals surface area contributed by atoms with Gasteiger partial charge < -0.3 is 14.0 Å². The Kier molecular flexibility index (Phi) is 6.00. The number of ether oxygens (including phenoxy) is 2. The molecule has 6 bridgehead atoms. The van der Waals surface area contributed by atoms with Gasteiger partial charge in [-0.25, -0.2) is 12.8 Å². The van der Waals surface area contributed by atoms with Crippen LogP contribution in [0.15, 0.2) is 0 Å². The number of alkyl halides is 3. The molecule has 0 N–H and O–H groups in total. The number of carbonyl (C=O) groups excluding carboxylic acids is 2. The zero-order valence-corrected chi connectivity index (χ0v) is 21.8. The number of halogens is 3. The van der Waals surface area contributed by atoms with Crippen LogP contribution in [0.2, 0.25) is 0 Å². The number of fused-ring (bicyclic) bond motifs is 1. The Bertz CT molecular complexity index is 1220. The molecule has 6 aliphatic carbocycles. The predicted octanol–water partition coefficient (Wildman–Crippen LogP) is 1.89. The molecular weight excluding hydrogens is 557 g/mol. The first-order valence-electron chi connectivity index (χ1n) is 12.9. The molecule has 0 aromatic carbocycles. The van der Waals surface area contributed by atoms with Crippen LogP contribution in [-0.2, 0) is 43.5 Å². The third-order valence-corrected chi connectivity index (χ3v) is 12.6. The normalized spacial score (nSPS) is 44.8. The maximum atomic E-state index is 13.7. The van der Waals surface area contributed by atoms with E-state index in [-0.39, 0.29) is 6.42 Å². The minimum absolute atomic E-state index is 0.214. The third-order valence-electron chi connectivity index (χ3n) is 9.83. The molecule has 7 aliphatic rings. The SMILES string of the molecule is O=C(OCCC(F)C(F)(F)S(=O)(=O)[O-])C1C2CC3C(OS(=O)(=O)C31)C2OC(=O)C12CC3CC(CC(C3)C1)C2. The van der Waals surface area contributed by atoms with Crippen molar-refractivity contribution in [3.63, 3.8) is 0 Å². The maximum absolute atomic E-state index is 13.7. The van der Waals surface area contributed by atoms with Gasteiger partial charge in [0.2, 0.25) is 0 Å². The van der Waals surface area contributed by atoms with Gasteiger partial charge in [-0.3, -0.25) is 13.8 Å². The van der Waals surface area contributed by atoms with Crippen LogP contribution in [0.3, 0.4) is 0 Å². The molecule has 7 fully saturated rings. The summed E-state index contributed by atoms with van der Waals surface area (Å²) in [6.45, 7) is -1.01. The lowest BCUT2D eigenvalue weighted by molar-refractivity contribution is -0.186. The van der Waals surface area contributed by atoms with Gasteiger partial charge in [0.1, 0.15) is 17.5 Å². The van der Waals surface area contributed by atoms with E-state index in [0.717, 1.165) is 38.5 Å². The first kappa shape index (κ1) is 26.8. The van der Waals surface area contributed by atoms with Crippen molar-refractivity contribution in [3.8, 4) is 0 Å². The predicted molar refractivity (Wildman–Crippen MR) is 118 cm³/mol. The van der Waals surface area contributed by atoms with E-state index in [9.17, 15) is 44.1 Å². The molecule has 7 atom stereocenters. The van der Waals surface area contributed by atoms with Crippen molar-refractivity contribution in [2.45, 2.75) is 80.3 Å². The summed E-state index contributed by atoms with van der Waals surface area (Å²) in [6, 6.07) is 0. The van der Waals surface area contributed by atoms with Gasteiger partial charge in [0.15, 0.2) is 16.3 Å². The van der Waals surface area contributed by atoms with Gasteiger partial charge in [-0.15, -0.1) is 0 Å². The Labute approximate surface area is 217 Å². The monoisotopic (exact) mass is 585 g/mol. The summed E-state index contributed by atoms with van der Waals surface area (Å²) in [5.41, 5.74) is -0.618. The van der Waals surface area contributed by atoms with Gasteiger partial charge in [0, 0.05) is 18.3 Å². The number of rotatable bonds is 8. The van der Waals surface area contributed by atoms with Crippen LogP contribution in [0.25, 0.3) is 0 Å². The molecule has 15 heteroatoms. The zero-order chi connectivity index (χ0) is 27.4. The molecule has 0 spiro atoms. The van der Waals surface area contributed by atoms with Crippen LogP contribution < -0.4 is 0 Å². The Morgan fingerprint density at radius 3 is 2.18 bits per heavy atom. The number of esters is 2. The average molecular weight is 586 g/mol. The molecule has 38 heavy (non-hydrogen) atoms. The van der Waals surface area contributed by atoms with Crippen molar-refractivity contribution >= 4 is 32.2 Å². The highest BCUT2D eigenvalue weighted by Crippen LogP contribution is 2.62. The van der Waals surface area contributed by atoms with Crippen molar-refractivity contribution in [2.75, 3.05) is 6.61 Å².